The second-order valence-electron chi connectivity index (χ2n) is 3.52. The van der Waals surface area contributed by atoms with E-state index in [1.807, 2.05) is 0 Å². The Morgan fingerprint density at radius 2 is 2.18 bits per heavy atom. The monoisotopic (exact) mass is 159 g/mol. The molecule has 0 saturated carbocycles. The molecule has 0 bridgehead atoms. The summed E-state index contributed by atoms with van der Waals surface area (Å²) in [6.45, 7) is 5.04. The van der Waals surface area contributed by atoms with E-state index in [2.05, 4.69) is 18.7 Å². The topological polar surface area (TPSA) is 43.7 Å². The zero-order chi connectivity index (χ0) is 8.43. The molecule has 0 aromatic heterocycles. The number of rotatable bonds is 2. The summed E-state index contributed by atoms with van der Waals surface area (Å²) in [5.41, 5.74) is 0. The third-order valence-electron chi connectivity index (χ3n) is 2.31. The van der Waals surface area contributed by atoms with Gasteiger partial charge in [-0.1, -0.05) is 0 Å². The number of hydrogen-bond donors (Lipinski definition) is 2. The highest BCUT2D eigenvalue weighted by Gasteiger charge is 2.31. The summed E-state index contributed by atoms with van der Waals surface area (Å²) in [5.74, 6) is 0. The number of aliphatic hydroxyl groups is 2. The first-order valence-corrected chi connectivity index (χ1v) is 4.19. The van der Waals surface area contributed by atoms with Crippen molar-refractivity contribution in [3.8, 4) is 0 Å². The molecule has 2 atom stereocenters. The summed E-state index contributed by atoms with van der Waals surface area (Å²) in [6, 6.07) is 0.592. The fourth-order valence-corrected chi connectivity index (χ4v) is 1.73. The van der Waals surface area contributed by atoms with Crippen LogP contribution in [0.1, 0.15) is 20.3 Å². The minimum absolute atomic E-state index is 0.162. The zero-order valence-corrected chi connectivity index (χ0v) is 7.20. The molecule has 3 heteroatoms. The van der Waals surface area contributed by atoms with Crippen LogP contribution in [0.2, 0.25) is 0 Å². The zero-order valence-electron chi connectivity index (χ0n) is 7.20. The summed E-state index contributed by atoms with van der Waals surface area (Å²) in [6.07, 6.45) is 0.476. The Morgan fingerprint density at radius 3 is 2.55 bits per heavy atom. The van der Waals surface area contributed by atoms with E-state index in [-0.39, 0.29) is 18.8 Å². The lowest BCUT2D eigenvalue weighted by Crippen LogP contribution is -2.37. The molecule has 11 heavy (non-hydrogen) atoms. The number of aliphatic hydroxyl groups excluding tert-OH is 2. The van der Waals surface area contributed by atoms with Gasteiger partial charge in [0.1, 0.15) is 0 Å². The molecule has 1 fully saturated rings. The Hall–Kier alpha value is -0.120. The van der Waals surface area contributed by atoms with Crippen molar-refractivity contribution >= 4 is 0 Å². The van der Waals surface area contributed by atoms with Crippen molar-refractivity contribution in [1.82, 2.24) is 4.90 Å². The van der Waals surface area contributed by atoms with Crippen LogP contribution < -0.4 is 0 Å². The fourth-order valence-electron chi connectivity index (χ4n) is 1.73. The Kier molecular flexibility index (Phi) is 2.87. The van der Waals surface area contributed by atoms with E-state index < -0.39 is 0 Å². The second kappa shape index (κ2) is 3.52. The first-order chi connectivity index (χ1) is 5.15. The van der Waals surface area contributed by atoms with Gasteiger partial charge in [0.2, 0.25) is 0 Å². The van der Waals surface area contributed by atoms with Crippen LogP contribution in [0.3, 0.4) is 0 Å². The molecule has 66 valence electrons. The number of β-amino-alcohol motifs (C(OH)–C–C–N with tert-alkyl or cyclic N) is 1. The Bertz CT molecular complexity index is 127. The predicted octanol–water partition coefficient (Wildman–Crippen LogP) is -0.178. The standard InChI is InChI=1S/C8H17NO2/c1-6(2)9-4-8(11)3-7(9)5-10/h6-8,10-11H,3-5H2,1-2H3. The van der Waals surface area contributed by atoms with E-state index in [0.717, 1.165) is 0 Å². The van der Waals surface area contributed by atoms with Gasteiger partial charge in [-0.3, -0.25) is 4.90 Å². The third-order valence-corrected chi connectivity index (χ3v) is 2.31. The summed E-state index contributed by atoms with van der Waals surface area (Å²) < 4.78 is 0. The van der Waals surface area contributed by atoms with E-state index in [0.29, 0.717) is 19.0 Å². The molecule has 0 aromatic carbocycles. The largest absolute Gasteiger partial charge is 0.395 e. The third kappa shape index (κ3) is 1.92. The van der Waals surface area contributed by atoms with Crippen LogP contribution >= 0.6 is 0 Å². The highest BCUT2D eigenvalue weighted by molar-refractivity contribution is 4.86. The Balaban J connectivity index is 2.50. The molecule has 0 amide bonds. The van der Waals surface area contributed by atoms with Crippen molar-refractivity contribution in [2.45, 2.75) is 38.5 Å². The van der Waals surface area contributed by atoms with Gasteiger partial charge in [-0.05, 0) is 20.3 Å². The van der Waals surface area contributed by atoms with E-state index >= 15 is 0 Å². The van der Waals surface area contributed by atoms with Gasteiger partial charge < -0.3 is 10.2 Å². The first-order valence-electron chi connectivity index (χ1n) is 4.19. The van der Waals surface area contributed by atoms with Crippen LogP contribution in [0.5, 0.6) is 0 Å². The van der Waals surface area contributed by atoms with Crippen molar-refractivity contribution < 1.29 is 10.2 Å². The molecule has 1 saturated heterocycles. The van der Waals surface area contributed by atoms with Crippen LogP contribution in [0, 0.1) is 0 Å². The van der Waals surface area contributed by atoms with Gasteiger partial charge in [-0.25, -0.2) is 0 Å². The molecule has 0 aromatic rings. The molecule has 0 spiro atoms. The van der Waals surface area contributed by atoms with Crippen molar-refractivity contribution in [3.63, 3.8) is 0 Å². The van der Waals surface area contributed by atoms with Crippen molar-refractivity contribution in [1.29, 1.82) is 0 Å². The van der Waals surface area contributed by atoms with Crippen molar-refractivity contribution in [3.05, 3.63) is 0 Å². The number of likely N-dealkylation sites (tertiary alicyclic amines) is 1. The summed E-state index contributed by atoms with van der Waals surface area (Å²) in [4.78, 5) is 2.14. The molecular formula is C8H17NO2. The highest BCUT2D eigenvalue weighted by atomic mass is 16.3. The maximum atomic E-state index is 9.30. The van der Waals surface area contributed by atoms with E-state index in [4.69, 9.17) is 5.11 Å². The Labute approximate surface area is 67.6 Å². The van der Waals surface area contributed by atoms with Gasteiger partial charge in [0.15, 0.2) is 0 Å². The number of hydrogen-bond acceptors (Lipinski definition) is 3. The molecule has 1 aliphatic heterocycles. The lowest BCUT2D eigenvalue weighted by molar-refractivity contribution is 0.128. The van der Waals surface area contributed by atoms with Crippen LogP contribution in [0.25, 0.3) is 0 Å². The van der Waals surface area contributed by atoms with Crippen LogP contribution in [0.4, 0.5) is 0 Å². The van der Waals surface area contributed by atoms with Gasteiger partial charge >= 0.3 is 0 Å². The minimum Gasteiger partial charge on any atom is -0.395 e. The van der Waals surface area contributed by atoms with Crippen molar-refractivity contribution in [2.75, 3.05) is 13.2 Å². The average molecular weight is 159 g/mol. The predicted molar refractivity (Wildman–Crippen MR) is 43.3 cm³/mol. The number of nitrogens with zero attached hydrogens (tertiary/aromatic N) is 1. The molecular weight excluding hydrogens is 142 g/mol. The molecule has 1 heterocycles. The second-order valence-corrected chi connectivity index (χ2v) is 3.52. The summed E-state index contributed by atoms with van der Waals surface area (Å²) in [5, 5.41) is 18.2. The quantitative estimate of drug-likeness (QED) is 0.587. The fraction of sp³-hybridized carbons (Fsp3) is 1.00. The molecule has 1 rings (SSSR count). The van der Waals surface area contributed by atoms with Crippen LogP contribution in [-0.4, -0.2) is 46.5 Å². The first kappa shape index (κ1) is 8.97. The van der Waals surface area contributed by atoms with Crippen LogP contribution in [-0.2, 0) is 0 Å². The van der Waals surface area contributed by atoms with Gasteiger partial charge in [0, 0.05) is 18.6 Å². The molecule has 0 aliphatic carbocycles. The Morgan fingerprint density at radius 1 is 1.55 bits per heavy atom. The van der Waals surface area contributed by atoms with Gasteiger partial charge in [0.25, 0.3) is 0 Å². The molecule has 2 unspecified atom stereocenters. The maximum absolute atomic E-state index is 9.30. The molecule has 0 radical (unpaired) electrons. The smallest absolute Gasteiger partial charge is 0.0683 e. The van der Waals surface area contributed by atoms with Crippen molar-refractivity contribution in [2.24, 2.45) is 0 Å². The minimum atomic E-state index is -0.241. The van der Waals surface area contributed by atoms with Gasteiger partial charge in [-0.2, -0.15) is 0 Å². The SMILES string of the molecule is CC(C)N1CC(O)CC1CO. The summed E-state index contributed by atoms with van der Waals surface area (Å²) >= 11 is 0. The molecule has 3 nitrogen and oxygen atoms in total. The van der Waals surface area contributed by atoms with Crippen LogP contribution in [0.15, 0.2) is 0 Å². The van der Waals surface area contributed by atoms with E-state index in [9.17, 15) is 5.11 Å². The van der Waals surface area contributed by atoms with E-state index in [1.165, 1.54) is 0 Å². The van der Waals surface area contributed by atoms with E-state index in [1.54, 1.807) is 0 Å². The van der Waals surface area contributed by atoms with Gasteiger partial charge in [0.05, 0.1) is 12.7 Å². The molecule has 2 N–H and O–H groups in total. The lowest BCUT2D eigenvalue weighted by Gasteiger charge is -2.26. The normalized spacial score (nSPS) is 33.5. The average Bonchev–Trinajstić information content (AvgIpc) is 2.30. The molecule has 1 aliphatic rings. The lowest BCUT2D eigenvalue weighted by atomic mass is 10.2. The summed E-state index contributed by atoms with van der Waals surface area (Å²) in [7, 11) is 0. The highest BCUT2D eigenvalue weighted by Crippen LogP contribution is 2.19. The van der Waals surface area contributed by atoms with Gasteiger partial charge in [-0.15, -0.1) is 0 Å². The maximum Gasteiger partial charge on any atom is 0.0683 e.